The van der Waals surface area contributed by atoms with Crippen LogP contribution in [0.15, 0.2) is 51.8 Å². The summed E-state index contributed by atoms with van der Waals surface area (Å²) >= 11 is 2.90. The highest BCUT2D eigenvalue weighted by Gasteiger charge is 2.13. The minimum absolute atomic E-state index is 0.0355. The number of rotatable bonds is 8. The quantitative estimate of drug-likeness (QED) is 0.462. The Morgan fingerprint density at radius 1 is 1.32 bits per heavy atom. The van der Waals surface area contributed by atoms with Crippen LogP contribution in [0.1, 0.15) is 29.2 Å². The molecule has 1 unspecified atom stereocenters. The normalized spacial score (nSPS) is 12.6. The SMILES string of the molecule is CC(NC(=O)CSc1n[nH]c(Cc2cccs2)n1)c1ccc(S(N)(=O)=O)cc1. The molecule has 1 atom stereocenters. The number of nitrogens with one attached hydrogen (secondary N) is 2. The maximum atomic E-state index is 12.2. The van der Waals surface area contributed by atoms with Crippen LogP contribution in [0.2, 0.25) is 0 Å². The number of hydrogen-bond donors (Lipinski definition) is 3. The van der Waals surface area contributed by atoms with Crippen LogP contribution >= 0.6 is 23.1 Å². The summed E-state index contributed by atoms with van der Waals surface area (Å²) in [5.74, 6) is 0.766. The van der Waals surface area contributed by atoms with Crippen molar-refractivity contribution in [1.82, 2.24) is 20.5 Å². The van der Waals surface area contributed by atoms with Crippen LogP contribution in [0, 0.1) is 0 Å². The Kier molecular flexibility index (Phi) is 6.50. The van der Waals surface area contributed by atoms with E-state index in [1.807, 2.05) is 24.4 Å². The zero-order valence-electron chi connectivity index (χ0n) is 15.0. The van der Waals surface area contributed by atoms with Crippen molar-refractivity contribution in [3.8, 4) is 0 Å². The number of nitrogens with zero attached hydrogens (tertiary/aromatic N) is 2. The fourth-order valence-corrected chi connectivity index (χ4v) is 4.30. The number of benzene rings is 1. The first kappa shape index (κ1) is 20.5. The maximum Gasteiger partial charge on any atom is 0.238 e. The first-order valence-corrected chi connectivity index (χ1v) is 11.7. The number of primary sulfonamides is 1. The van der Waals surface area contributed by atoms with Gasteiger partial charge in [0.25, 0.3) is 0 Å². The lowest BCUT2D eigenvalue weighted by Crippen LogP contribution is -2.28. The van der Waals surface area contributed by atoms with Crippen molar-refractivity contribution in [2.24, 2.45) is 5.14 Å². The summed E-state index contributed by atoms with van der Waals surface area (Å²) in [6.45, 7) is 1.82. The third kappa shape index (κ3) is 5.64. The molecule has 0 spiro atoms. The van der Waals surface area contributed by atoms with E-state index >= 15 is 0 Å². The first-order chi connectivity index (χ1) is 13.3. The minimum atomic E-state index is -3.73. The number of thiophene rings is 1. The van der Waals surface area contributed by atoms with Crippen LogP contribution < -0.4 is 10.5 Å². The maximum absolute atomic E-state index is 12.2. The molecule has 0 aliphatic heterocycles. The van der Waals surface area contributed by atoms with Gasteiger partial charge in [-0.1, -0.05) is 30.0 Å². The van der Waals surface area contributed by atoms with Gasteiger partial charge in [-0.3, -0.25) is 9.89 Å². The molecular formula is C17H19N5O3S3. The van der Waals surface area contributed by atoms with E-state index < -0.39 is 10.0 Å². The standard InChI is InChI=1S/C17H19N5O3S3/c1-11(12-4-6-14(7-5-12)28(18,24)25)19-16(23)10-27-17-20-15(21-22-17)9-13-3-2-8-26-13/h2-8,11H,9-10H2,1H3,(H,19,23)(H2,18,24,25)(H,20,21,22). The van der Waals surface area contributed by atoms with E-state index in [2.05, 4.69) is 20.5 Å². The Morgan fingerprint density at radius 2 is 2.07 bits per heavy atom. The largest absolute Gasteiger partial charge is 0.349 e. The second kappa shape index (κ2) is 8.86. The van der Waals surface area contributed by atoms with Gasteiger partial charge in [0.15, 0.2) is 0 Å². The number of amides is 1. The summed E-state index contributed by atoms with van der Waals surface area (Å²) in [5.41, 5.74) is 0.780. The lowest BCUT2D eigenvalue weighted by Gasteiger charge is -2.14. The van der Waals surface area contributed by atoms with Crippen LogP contribution in [-0.4, -0.2) is 35.3 Å². The van der Waals surface area contributed by atoms with Gasteiger partial charge in [0.1, 0.15) is 5.82 Å². The fourth-order valence-electron chi connectivity index (χ4n) is 2.44. The van der Waals surface area contributed by atoms with Crippen molar-refractivity contribution >= 4 is 39.0 Å². The van der Waals surface area contributed by atoms with Crippen LogP contribution in [0.5, 0.6) is 0 Å². The molecule has 8 nitrogen and oxygen atoms in total. The summed E-state index contributed by atoms with van der Waals surface area (Å²) < 4.78 is 22.6. The molecule has 0 fully saturated rings. The molecule has 4 N–H and O–H groups in total. The van der Waals surface area contributed by atoms with Crippen LogP contribution in [-0.2, 0) is 21.2 Å². The van der Waals surface area contributed by atoms with Crippen molar-refractivity contribution in [2.45, 2.75) is 29.4 Å². The van der Waals surface area contributed by atoms with Crippen LogP contribution in [0.4, 0.5) is 0 Å². The lowest BCUT2D eigenvalue weighted by atomic mass is 10.1. The van der Waals surface area contributed by atoms with Gasteiger partial charge >= 0.3 is 0 Å². The molecule has 11 heteroatoms. The van der Waals surface area contributed by atoms with Gasteiger partial charge in [-0.25, -0.2) is 18.5 Å². The molecule has 1 amide bonds. The summed E-state index contributed by atoms with van der Waals surface area (Å²) in [6, 6.07) is 9.85. The van der Waals surface area contributed by atoms with Gasteiger partial charge in [0.2, 0.25) is 21.1 Å². The zero-order valence-corrected chi connectivity index (χ0v) is 17.4. The summed E-state index contributed by atoms with van der Waals surface area (Å²) in [5, 5.41) is 17.5. The third-order valence-corrected chi connectivity index (χ3v) is 6.50. The fraction of sp³-hybridized carbons (Fsp3) is 0.235. The van der Waals surface area contributed by atoms with E-state index in [0.717, 1.165) is 11.4 Å². The predicted octanol–water partition coefficient (Wildman–Crippen LogP) is 2.07. The average molecular weight is 438 g/mol. The molecule has 0 saturated carbocycles. The lowest BCUT2D eigenvalue weighted by molar-refractivity contribution is -0.119. The van der Waals surface area contributed by atoms with Gasteiger partial charge in [-0.2, -0.15) is 0 Å². The number of carbonyl (C=O) groups excluding carboxylic acids is 1. The van der Waals surface area contributed by atoms with E-state index in [1.54, 1.807) is 23.5 Å². The van der Waals surface area contributed by atoms with Crippen LogP contribution in [0.25, 0.3) is 0 Å². The van der Waals surface area contributed by atoms with Gasteiger partial charge < -0.3 is 5.32 Å². The molecule has 0 aliphatic rings. The van der Waals surface area contributed by atoms with E-state index in [1.165, 1.54) is 28.8 Å². The number of sulfonamides is 1. The van der Waals surface area contributed by atoms with Gasteiger partial charge in [-0.15, -0.1) is 16.4 Å². The minimum Gasteiger partial charge on any atom is -0.349 e. The molecule has 0 saturated heterocycles. The molecule has 0 radical (unpaired) electrons. The number of carbonyl (C=O) groups is 1. The molecular weight excluding hydrogens is 418 g/mol. The highest BCUT2D eigenvalue weighted by molar-refractivity contribution is 7.99. The molecule has 2 aromatic heterocycles. The molecule has 3 rings (SSSR count). The third-order valence-electron chi connectivity index (χ3n) is 3.85. The van der Waals surface area contributed by atoms with E-state index in [-0.39, 0.29) is 22.6 Å². The summed E-state index contributed by atoms with van der Waals surface area (Å²) in [7, 11) is -3.73. The Bertz CT molecular complexity index is 1030. The number of nitrogens with two attached hydrogens (primary N) is 1. The Balaban J connectivity index is 1.49. The monoisotopic (exact) mass is 437 g/mol. The molecule has 2 heterocycles. The van der Waals surface area contributed by atoms with E-state index in [0.29, 0.717) is 11.6 Å². The second-order valence-electron chi connectivity index (χ2n) is 6.01. The van der Waals surface area contributed by atoms with Gasteiger partial charge in [-0.05, 0) is 36.1 Å². The van der Waals surface area contributed by atoms with Crippen molar-refractivity contribution in [2.75, 3.05) is 5.75 Å². The van der Waals surface area contributed by atoms with Gasteiger partial charge in [0.05, 0.1) is 16.7 Å². The van der Waals surface area contributed by atoms with Crippen molar-refractivity contribution in [1.29, 1.82) is 0 Å². The van der Waals surface area contributed by atoms with Crippen LogP contribution in [0.3, 0.4) is 0 Å². The number of aromatic amines is 1. The Morgan fingerprint density at radius 3 is 2.71 bits per heavy atom. The summed E-state index contributed by atoms with van der Waals surface area (Å²) in [4.78, 5) is 17.8. The second-order valence-corrected chi connectivity index (χ2v) is 9.55. The number of aromatic nitrogens is 3. The summed E-state index contributed by atoms with van der Waals surface area (Å²) in [6.07, 6.45) is 0.684. The Labute approximate surface area is 171 Å². The zero-order chi connectivity index (χ0) is 20.1. The molecule has 0 aliphatic carbocycles. The Hall–Kier alpha value is -2.21. The van der Waals surface area contributed by atoms with Crippen molar-refractivity contribution < 1.29 is 13.2 Å². The van der Waals surface area contributed by atoms with E-state index in [4.69, 9.17) is 5.14 Å². The molecule has 3 aromatic rings. The average Bonchev–Trinajstić information content (AvgIpc) is 3.32. The highest BCUT2D eigenvalue weighted by atomic mass is 32.2. The predicted molar refractivity (Wildman–Crippen MR) is 109 cm³/mol. The van der Waals surface area contributed by atoms with Gasteiger partial charge in [0, 0.05) is 11.3 Å². The molecule has 28 heavy (non-hydrogen) atoms. The number of hydrogen-bond acceptors (Lipinski definition) is 7. The van der Waals surface area contributed by atoms with Crippen molar-refractivity contribution in [3.05, 3.63) is 58.0 Å². The topological polar surface area (TPSA) is 131 Å². The highest BCUT2D eigenvalue weighted by Crippen LogP contribution is 2.18. The molecule has 148 valence electrons. The smallest absolute Gasteiger partial charge is 0.238 e. The molecule has 1 aromatic carbocycles. The van der Waals surface area contributed by atoms with Crippen molar-refractivity contribution in [3.63, 3.8) is 0 Å². The number of thioether (sulfide) groups is 1. The number of H-pyrrole nitrogens is 1. The molecule has 0 bridgehead atoms. The van der Waals surface area contributed by atoms with E-state index in [9.17, 15) is 13.2 Å². The first-order valence-electron chi connectivity index (χ1n) is 8.30.